The lowest BCUT2D eigenvalue weighted by Gasteiger charge is -2.08. The quantitative estimate of drug-likeness (QED) is 0.409. The molecule has 3 aromatic rings. The first kappa shape index (κ1) is 24.2. The third-order valence-electron chi connectivity index (χ3n) is 4.06. The number of benzene rings is 1. The van der Waals surface area contributed by atoms with Gasteiger partial charge >= 0.3 is 0 Å². The van der Waals surface area contributed by atoms with Crippen molar-refractivity contribution in [3.63, 3.8) is 0 Å². The number of pyridine rings is 1. The molecule has 0 fully saturated rings. The van der Waals surface area contributed by atoms with E-state index in [4.69, 9.17) is 21.1 Å². The van der Waals surface area contributed by atoms with Crippen LogP contribution in [0.4, 0.5) is 5.82 Å². The van der Waals surface area contributed by atoms with Gasteiger partial charge in [0.1, 0.15) is 17.3 Å². The first-order valence-electron chi connectivity index (χ1n) is 10.2. The molecule has 8 nitrogen and oxygen atoms in total. The Balaban J connectivity index is 1.51. The molecule has 0 radical (unpaired) electrons. The van der Waals surface area contributed by atoms with Crippen LogP contribution in [0.3, 0.4) is 0 Å². The van der Waals surface area contributed by atoms with Crippen LogP contribution in [0.2, 0.25) is 5.02 Å². The molecule has 2 heterocycles. The lowest BCUT2D eigenvalue weighted by molar-refractivity contribution is -0.114. The van der Waals surface area contributed by atoms with Gasteiger partial charge < -0.3 is 20.1 Å². The van der Waals surface area contributed by atoms with Gasteiger partial charge in [0.15, 0.2) is 0 Å². The Hall–Kier alpha value is -3.43. The fraction of sp³-hybridized carbons (Fsp3) is 0.217. The molecule has 0 saturated heterocycles. The van der Waals surface area contributed by atoms with Crippen LogP contribution in [0, 0.1) is 0 Å². The fourth-order valence-corrected chi connectivity index (χ4v) is 3.53. The lowest BCUT2D eigenvalue weighted by atomic mass is 10.2. The number of nitrogens with one attached hydrogen (secondary N) is 2. The molecule has 0 saturated carbocycles. The molecular weight excluding hydrogens is 464 g/mol. The van der Waals surface area contributed by atoms with E-state index in [0.29, 0.717) is 46.2 Å². The Bertz CT molecular complexity index is 1150. The molecule has 0 aliphatic carbocycles. The third kappa shape index (κ3) is 7.58. The van der Waals surface area contributed by atoms with Gasteiger partial charge in [-0.05, 0) is 36.8 Å². The van der Waals surface area contributed by atoms with Crippen molar-refractivity contribution in [3.05, 3.63) is 64.3 Å². The Morgan fingerprint density at radius 2 is 2.06 bits per heavy atom. The van der Waals surface area contributed by atoms with Crippen molar-refractivity contribution >= 4 is 46.6 Å². The highest BCUT2D eigenvalue weighted by molar-refractivity contribution is 7.14. The summed E-state index contributed by atoms with van der Waals surface area (Å²) >= 11 is 7.62. The van der Waals surface area contributed by atoms with E-state index in [9.17, 15) is 9.59 Å². The maximum Gasteiger partial charge on any atom is 0.279 e. The molecule has 3 rings (SSSR count). The molecule has 1 aromatic carbocycles. The smallest absolute Gasteiger partial charge is 0.279 e. The molecule has 0 atom stereocenters. The first-order valence-corrected chi connectivity index (χ1v) is 11.4. The number of hydrogen-bond donors (Lipinski definition) is 2. The number of aromatic nitrogens is 2. The van der Waals surface area contributed by atoms with E-state index >= 15 is 0 Å². The highest BCUT2D eigenvalue weighted by atomic mass is 35.5. The second-order valence-electron chi connectivity index (χ2n) is 6.79. The van der Waals surface area contributed by atoms with Gasteiger partial charge in [-0.2, -0.15) is 0 Å². The van der Waals surface area contributed by atoms with E-state index in [2.05, 4.69) is 20.6 Å². The van der Waals surface area contributed by atoms with Crippen LogP contribution in [0.15, 0.2) is 48.8 Å². The number of rotatable bonds is 10. The summed E-state index contributed by atoms with van der Waals surface area (Å²) in [6.07, 6.45) is 7.69. The van der Waals surface area contributed by atoms with Crippen LogP contribution in [0.25, 0.3) is 6.08 Å². The highest BCUT2D eigenvalue weighted by Gasteiger charge is 2.09. The minimum atomic E-state index is -0.275. The Kier molecular flexibility index (Phi) is 8.79. The monoisotopic (exact) mass is 486 g/mol. The molecule has 0 bridgehead atoms. The van der Waals surface area contributed by atoms with Gasteiger partial charge in [0.05, 0.1) is 16.5 Å². The van der Waals surface area contributed by atoms with Gasteiger partial charge in [-0.1, -0.05) is 35.9 Å². The van der Waals surface area contributed by atoms with Crippen molar-refractivity contribution in [1.82, 2.24) is 15.3 Å². The van der Waals surface area contributed by atoms with E-state index < -0.39 is 0 Å². The number of nitrogens with zero attached hydrogens (tertiary/aromatic N) is 2. The highest BCUT2D eigenvalue weighted by Crippen LogP contribution is 2.34. The SMILES string of the molecule is CCCOc1ccc(Oc2ncc(/C=C/CNC(=O)c3ccnc(NC(C)=O)c3)s2)c(Cl)c1. The molecule has 2 N–H and O–H groups in total. The number of anilines is 1. The van der Waals surface area contributed by atoms with Gasteiger partial charge in [-0.3, -0.25) is 9.59 Å². The fourth-order valence-electron chi connectivity index (χ4n) is 2.61. The minimum absolute atomic E-state index is 0.254. The molecule has 10 heteroatoms. The van der Waals surface area contributed by atoms with Crippen molar-refractivity contribution in [3.8, 4) is 16.7 Å². The van der Waals surface area contributed by atoms with Crippen LogP contribution < -0.4 is 20.1 Å². The van der Waals surface area contributed by atoms with E-state index in [1.165, 1.54) is 30.5 Å². The number of carbonyl (C=O) groups excluding carboxylic acids is 2. The number of ether oxygens (including phenoxy) is 2. The maximum atomic E-state index is 12.3. The number of amides is 2. The number of thiazole rings is 1. The van der Waals surface area contributed by atoms with Crippen LogP contribution in [0.1, 0.15) is 35.5 Å². The second-order valence-corrected chi connectivity index (χ2v) is 8.23. The zero-order chi connectivity index (χ0) is 23.6. The van der Waals surface area contributed by atoms with Crippen LogP contribution in [-0.4, -0.2) is 34.9 Å². The number of hydrogen-bond acceptors (Lipinski definition) is 7. The minimum Gasteiger partial charge on any atom is -0.494 e. The van der Waals surface area contributed by atoms with Gasteiger partial charge in [0.25, 0.3) is 11.1 Å². The van der Waals surface area contributed by atoms with Crippen molar-refractivity contribution in [2.24, 2.45) is 0 Å². The maximum absolute atomic E-state index is 12.3. The summed E-state index contributed by atoms with van der Waals surface area (Å²) in [5.74, 6) is 0.982. The Labute approximate surface area is 200 Å². The Morgan fingerprint density at radius 3 is 2.82 bits per heavy atom. The zero-order valence-corrected chi connectivity index (χ0v) is 19.7. The van der Waals surface area contributed by atoms with Crippen molar-refractivity contribution in [2.45, 2.75) is 20.3 Å². The molecule has 0 aliphatic rings. The average Bonchev–Trinajstić information content (AvgIpc) is 3.24. The molecule has 0 unspecified atom stereocenters. The normalized spacial score (nSPS) is 10.8. The van der Waals surface area contributed by atoms with Gasteiger partial charge in [0.2, 0.25) is 5.91 Å². The van der Waals surface area contributed by atoms with Crippen LogP contribution in [0.5, 0.6) is 16.7 Å². The van der Waals surface area contributed by atoms with Crippen molar-refractivity contribution in [1.29, 1.82) is 0 Å². The molecule has 0 spiro atoms. The second kappa shape index (κ2) is 12.0. The van der Waals surface area contributed by atoms with E-state index in [0.717, 1.165) is 11.3 Å². The van der Waals surface area contributed by atoms with Crippen molar-refractivity contribution < 1.29 is 19.1 Å². The van der Waals surface area contributed by atoms with E-state index in [1.807, 2.05) is 13.0 Å². The van der Waals surface area contributed by atoms with Crippen molar-refractivity contribution in [2.75, 3.05) is 18.5 Å². The Morgan fingerprint density at radius 1 is 1.21 bits per heavy atom. The first-order chi connectivity index (χ1) is 15.9. The van der Waals surface area contributed by atoms with Gasteiger partial charge in [-0.15, -0.1) is 0 Å². The summed E-state index contributed by atoms with van der Waals surface area (Å²) in [5, 5.41) is 6.22. The van der Waals surface area contributed by atoms with Gasteiger partial charge in [-0.25, -0.2) is 9.97 Å². The average molecular weight is 487 g/mol. The van der Waals surface area contributed by atoms with E-state index in [1.54, 1.807) is 36.5 Å². The standard InChI is InChI=1S/C23H23ClN4O4S/c1-3-11-31-17-6-7-20(19(24)13-17)32-23-27-14-18(33-23)5-4-9-26-22(30)16-8-10-25-21(12-16)28-15(2)29/h4-8,10,12-14H,3,9,11H2,1-2H3,(H,26,30)(H,25,28,29)/b5-4+. The van der Waals surface area contributed by atoms with Crippen LogP contribution in [-0.2, 0) is 4.79 Å². The predicted octanol–water partition coefficient (Wildman–Crippen LogP) is 5.17. The third-order valence-corrected chi connectivity index (χ3v) is 5.20. The zero-order valence-electron chi connectivity index (χ0n) is 18.1. The molecule has 2 aromatic heterocycles. The number of carbonyl (C=O) groups is 2. The predicted molar refractivity (Wildman–Crippen MR) is 129 cm³/mol. The molecule has 2 amide bonds. The van der Waals surface area contributed by atoms with E-state index in [-0.39, 0.29) is 11.8 Å². The van der Waals surface area contributed by atoms with Crippen LogP contribution >= 0.6 is 22.9 Å². The summed E-state index contributed by atoms with van der Waals surface area (Å²) < 4.78 is 11.3. The molecular formula is C23H23ClN4O4S. The summed E-state index contributed by atoms with van der Waals surface area (Å²) in [7, 11) is 0. The topological polar surface area (TPSA) is 102 Å². The largest absolute Gasteiger partial charge is 0.494 e. The van der Waals surface area contributed by atoms with Gasteiger partial charge in [0, 0.05) is 37.5 Å². The summed E-state index contributed by atoms with van der Waals surface area (Å²) in [4.78, 5) is 32.5. The lowest BCUT2D eigenvalue weighted by Crippen LogP contribution is -2.23. The molecule has 172 valence electrons. The summed E-state index contributed by atoms with van der Waals surface area (Å²) in [5.41, 5.74) is 0.401. The molecule has 33 heavy (non-hydrogen) atoms. The summed E-state index contributed by atoms with van der Waals surface area (Å²) in [6, 6.07) is 8.35. The summed E-state index contributed by atoms with van der Waals surface area (Å²) in [6.45, 7) is 4.35. The number of halogens is 1. The molecule has 0 aliphatic heterocycles.